The highest BCUT2D eigenvalue weighted by molar-refractivity contribution is 6.00. The summed E-state index contributed by atoms with van der Waals surface area (Å²) in [5, 5.41) is 14.6. The monoisotopic (exact) mass is 354 g/mol. The number of benzene rings is 1. The van der Waals surface area contributed by atoms with E-state index in [1.807, 2.05) is 18.2 Å². The number of aryl methyl sites for hydroxylation is 2. The van der Waals surface area contributed by atoms with Gasteiger partial charge in [0.05, 0.1) is 6.10 Å². The maximum Gasteiger partial charge on any atom is 0.261 e. The smallest absolute Gasteiger partial charge is 0.261 e. The minimum atomic E-state index is -0.712. The third-order valence-electron chi connectivity index (χ3n) is 4.76. The van der Waals surface area contributed by atoms with Crippen molar-refractivity contribution in [1.29, 1.82) is 0 Å². The summed E-state index contributed by atoms with van der Waals surface area (Å²) in [6.07, 6.45) is -0.422. The Morgan fingerprint density at radius 2 is 2.12 bits per heavy atom. The lowest BCUT2D eigenvalue weighted by Crippen LogP contribution is -2.36. The van der Waals surface area contributed by atoms with E-state index in [0.29, 0.717) is 16.9 Å². The van der Waals surface area contributed by atoms with Gasteiger partial charge < -0.3 is 19.5 Å². The average molecular weight is 354 g/mol. The molecule has 0 unspecified atom stereocenters. The summed E-state index contributed by atoms with van der Waals surface area (Å²) in [5.41, 5.74) is 0.903. The number of amides is 1. The number of aliphatic hydroxyl groups excluding tert-OH is 1. The van der Waals surface area contributed by atoms with Crippen LogP contribution in [0.15, 0.2) is 33.6 Å². The fourth-order valence-corrected chi connectivity index (χ4v) is 3.53. The Labute approximate surface area is 148 Å². The second kappa shape index (κ2) is 6.06. The SMILES string of the molecule is Cc1noc([C@H]2C[C@@H](O)CN2C(=O)c2c(C)c3ccccc3[nH]c2=O)n1. The number of hydrogen-bond acceptors (Lipinski definition) is 6. The number of nitrogens with zero attached hydrogens (tertiary/aromatic N) is 3. The van der Waals surface area contributed by atoms with Gasteiger partial charge in [0.2, 0.25) is 5.89 Å². The molecule has 2 aromatic heterocycles. The Morgan fingerprint density at radius 1 is 1.35 bits per heavy atom. The van der Waals surface area contributed by atoms with Gasteiger partial charge in [0.1, 0.15) is 11.6 Å². The summed E-state index contributed by atoms with van der Waals surface area (Å²) in [4.78, 5) is 34.1. The first-order valence-electron chi connectivity index (χ1n) is 8.36. The second-order valence-corrected chi connectivity index (χ2v) is 6.54. The van der Waals surface area contributed by atoms with E-state index < -0.39 is 23.6 Å². The standard InChI is InChI=1S/C18H18N4O4/c1-9-12-5-3-4-6-13(12)20-16(24)15(9)18(25)22-8-11(23)7-14(22)17-19-10(2)21-26-17/h3-6,11,14,23H,7-8H2,1-2H3,(H,20,24)/t11-,14-/m1/s1. The highest BCUT2D eigenvalue weighted by atomic mass is 16.5. The summed E-state index contributed by atoms with van der Waals surface area (Å²) in [6.45, 7) is 3.54. The molecule has 0 saturated carbocycles. The van der Waals surface area contributed by atoms with Crippen molar-refractivity contribution in [2.75, 3.05) is 6.54 Å². The van der Waals surface area contributed by atoms with Gasteiger partial charge in [-0.3, -0.25) is 9.59 Å². The lowest BCUT2D eigenvalue weighted by atomic mass is 10.0. The van der Waals surface area contributed by atoms with Crippen molar-refractivity contribution in [3.8, 4) is 0 Å². The van der Waals surface area contributed by atoms with Crippen LogP contribution in [0.25, 0.3) is 10.9 Å². The van der Waals surface area contributed by atoms with Crippen LogP contribution < -0.4 is 5.56 Å². The molecule has 1 aliphatic rings. The Morgan fingerprint density at radius 3 is 2.85 bits per heavy atom. The van der Waals surface area contributed by atoms with E-state index >= 15 is 0 Å². The number of rotatable bonds is 2. The number of carbonyl (C=O) groups excluding carboxylic acids is 1. The zero-order valence-electron chi connectivity index (χ0n) is 14.4. The lowest BCUT2D eigenvalue weighted by molar-refractivity contribution is 0.0691. The molecule has 8 nitrogen and oxygen atoms in total. The van der Waals surface area contributed by atoms with Crippen LogP contribution in [0, 0.1) is 13.8 Å². The first-order chi connectivity index (χ1) is 12.5. The highest BCUT2D eigenvalue weighted by Gasteiger charge is 2.40. The molecule has 0 bridgehead atoms. The molecular formula is C18H18N4O4. The predicted octanol–water partition coefficient (Wildman–Crippen LogP) is 1.48. The lowest BCUT2D eigenvalue weighted by Gasteiger charge is -2.22. The number of pyridine rings is 1. The number of H-pyrrole nitrogens is 1. The van der Waals surface area contributed by atoms with Gasteiger partial charge in [-0.05, 0) is 25.5 Å². The molecule has 2 N–H and O–H groups in total. The number of β-amino-alcohol motifs (C(OH)–C–C–N with tert-alkyl or cyclic N) is 1. The molecule has 26 heavy (non-hydrogen) atoms. The molecule has 3 heterocycles. The molecule has 134 valence electrons. The highest BCUT2D eigenvalue weighted by Crippen LogP contribution is 2.33. The Bertz CT molecular complexity index is 1050. The Balaban J connectivity index is 1.79. The summed E-state index contributed by atoms with van der Waals surface area (Å²) in [7, 11) is 0. The number of nitrogens with one attached hydrogen (secondary N) is 1. The van der Waals surface area contributed by atoms with E-state index in [1.54, 1.807) is 19.9 Å². The van der Waals surface area contributed by atoms with Crippen molar-refractivity contribution in [3.63, 3.8) is 0 Å². The van der Waals surface area contributed by atoms with Crippen LogP contribution in [-0.2, 0) is 0 Å². The zero-order chi connectivity index (χ0) is 18.4. The minimum absolute atomic E-state index is 0.0686. The second-order valence-electron chi connectivity index (χ2n) is 6.54. The van der Waals surface area contributed by atoms with Gasteiger partial charge in [0.25, 0.3) is 11.5 Å². The first-order valence-corrected chi connectivity index (χ1v) is 8.36. The van der Waals surface area contributed by atoms with Crippen LogP contribution >= 0.6 is 0 Å². The summed E-state index contributed by atoms with van der Waals surface area (Å²) in [6, 6.07) is 6.77. The number of aromatic amines is 1. The van der Waals surface area contributed by atoms with Crippen LogP contribution in [0.1, 0.15) is 40.1 Å². The number of para-hydroxylation sites is 1. The van der Waals surface area contributed by atoms with Gasteiger partial charge in [-0.1, -0.05) is 23.4 Å². The average Bonchev–Trinajstić information content (AvgIpc) is 3.20. The Hall–Kier alpha value is -3.00. The molecule has 3 aromatic rings. The van der Waals surface area contributed by atoms with Crippen LogP contribution in [0.2, 0.25) is 0 Å². The molecule has 0 aliphatic carbocycles. The minimum Gasteiger partial charge on any atom is -0.391 e. The van der Waals surface area contributed by atoms with Crippen molar-refractivity contribution < 1.29 is 14.4 Å². The Kier molecular flexibility index (Phi) is 3.84. The van der Waals surface area contributed by atoms with Crippen molar-refractivity contribution in [2.24, 2.45) is 0 Å². The van der Waals surface area contributed by atoms with Gasteiger partial charge >= 0.3 is 0 Å². The van der Waals surface area contributed by atoms with E-state index in [2.05, 4.69) is 15.1 Å². The molecule has 0 radical (unpaired) electrons. The van der Waals surface area contributed by atoms with Crippen molar-refractivity contribution in [3.05, 3.63) is 57.5 Å². The van der Waals surface area contributed by atoms with Crippen LogP contribution in [0.3, 0.4) is 0 Å². The van der Waals surface area contributed by atoms with Crippen molar-refractivity contribution >= 4 is 16.8 Å². The van der Waals surface area contributed by atoms with Gasteiger partial charge in [-0.25, -0.2) is 0 Å². The molecule has 8 heteroatoms. The van der Waals surface area contributed by atoms with Crippen LogP contribution in [0.4, 0.5) is 0 Å². The molecule has 4 rings (SSSR count). The van der Waals surface area contributed by atoms with Gasteiger partial charge in [-0.2, -0.15) is 4.98 Å². The normalized spacial score (nSPS) is 20.0. The zero-order valence-corrected chi connectivity index (χ0v) is 14.4. The summed E-state index contributed by atoms with van der Waals surface area (Å²) >= 11 is 0. The molecule has 1 fully saturated rings. The summed E-state index contributed by atoms with van der Waals surface area (Å²) in [5.74, 6) is 0.266. The molecule has 1 amide bonds. The number of aliphatic hydroxyl groups is 1. The molecule has 1 aliphatic heterocycles. The molecule has 1 aromatic carbocycles. The van der Waals surface area contributed by atoms with E-state index in [1.165, 1.54) is 4.90 Å². The largest absolute Gasteiger partial charge is 0.391 e. The maximum atomic E-state index is 13.2. The third-order valence-corrected chi connectivity index (χ3v) is 4.76. The van der Waals surface area contributed by atoms with Crippen LogP contribution in [0.5, 0.6) is 0 Å². The fraction of sp³-hybridized carbons (Fsp3) is 0.333. The number of hydrogen-bond donors (Lipinski definition) is 2. The maximum absolute atomic E-state index is 13.2. The van der Waals surface area contributed by atoms with Crippen molar-refractivity contribution in [1.82, 2.24) is 20.0 Å². The molecule has 1 saturated heterocycles. The molecule has 0 spiro atoms. The summed E-state index contributed by atoms with van der Waals surface area (Å²) < 4.78 is 5.19. The number of aromatic nitrogens is 3. The van der Waals surface area contributed by atoms with E-state index in [-0.39, 0.29) is 24.4 Å². The predicted molar refractivity (Wildman–Crippen MR) is 92.7 cm³/mol. The quantitative estimate of drug-likeness (QED) is 0.721. The van der Waals surface area contributed by atoms with Gasteiger partial charge in [0.15, 0.2) is 5.82 Å². The van der Waals surface area contributed by atoms with E-state index in [0.717, 1.165) is 5.39 Å². The van der Waals surface area contributed by atoms with Gasteiger partial charge in [-0.15, -0.1) is 0 Å². The topological polar surface area (TPSA) is 112 Å². The molecule has 2 atom stereocenters. The number of likely N-dealkylation sites (tertiary alicyclic amines) is 1. The number of fused-ring (bicyclic) bond motifs is 1. The third kappa shape index (κ3) is 2.59. The van der Waals surface area contributed by atoms with Gasteiger partial charge in [0, 0.05) is 23.9 Å². The van der Waals surface area contributed by atoms with E-state index in [9.17, 15) is 14.7 Å². The van der Waals surface area contributed by atoms with Crippen molar-refractivity contribution in [2.45, 2.75) is 32.4 Å². The fourth-order valence-electron chi connectivity index (χ4n) is 3.53. The number of carbonyl (C=O) groups is 1. The van der Waals surface area contributed by atoms with E-state index in [4.69, 9.17) is 4.52 Å². The first kappa shape index (κ1) is 16.5. The molecular weight excluding hydrogens is 336 g/mol. The van der Waals surface area contributed by atoms with Crippen LogP contribution in [-0.4, -0.2) is 43.7 Å².